The van der Waals surface area contributed by atoms with Crippen molar-refractivity contribution in [2.75, 3.05) is 18.0 Å². The molecule has 0 unspecified atom stereocenters. The predicted molar refractivity (Wildman–Crippen MR) is 105 cm³/mol. The van der Waals surface area contributed by atoms with Crippen LogP contribution in [0.5, 0.6) is 0 Å². The van der Waals surface area contributed by atoms with Gasteiger partial charge in [0.2, 0.25) is 5.91 Å². The summed E-state index contributed by atoms with van der Waals surface area (Å²) in [5, 5.41) is 17.6. The van der Waals surface area contributed by atoms with Gasteiger partial charge >= 0.3 is 0 Å². The lowest BCUT2D eigenvalue weighted by molar-refractivity contribution is -0.123. The molecule has 0 spiro atoms. The Morgan fingerprint density at radius 2 is 2.14 bits per heavy atom. The number of aliphatic hydroxyl groups is 1. The summed E-state index contributed by atoms with van der Waals surface area (Å²) in [7, 11) is 0. The molecule has 2 N–H and O–H groups in total. The minimum absolute atomic E-state index is 0.0432. The number of pyridine rings is 1. The van der Waals surface area contributed by atoms with Crippen LogP contribution in [-0.4, -0.2) is 56.0 Å². The van der Waals surface area contributed by atoms with Crippen molar-refractivity contribution in [2.45, 2.75) is 51.3 Å². The number of nitrogens with one attached hydrogen (secondary N) is 1. The quantitative estimate of drug-likeness (QED) is 0.756. The van der Waals surface area contributed by atoms with Crippen LogP contribution < -0.4 is 10.2 Å². The van der Waals surface area contributed by atoms with Crippen LogP contribution in [0.25, 0.3) is 0 Å². The van der Waals surface area contributed by atoms with Crippen molar-refractivity contribution in [2.24, 2.45) is 11.8 Å². The first kappa shape index (κ1) is 19.8. The van der Waals surface area contributed by atoms with E-state index >= 15 is 0 Å². The Hall–Kier alpha value is -2.55. The Morgan fingerprint density at radius 3 is 2.86 bits per heavy atom. The first-order chi connectivity index (χ1) is 14.0. The number of rotatable bonds is 6. The summed E-state index contributed by atoms with van der Waals surface area (Å²) in [4.78, 5) is 22.6. The van der Waals surface area contributed by atoms with Gasteiger partial charge in [0.05, 0.1) is 18.3 Å². The molecule has 8 nitrogen and oxygen atoms in total. The number of aromatic nitrogens is 4. The van der Waals surface area contributed by atoms with Crippen LogP contribution in [-0.2, 0) is 11.3 Å². The monoisotopic (exact) mass is 402 g/mol. The zero-order valence-electron chi connectivity index (χ0n) is 16.5. The zero-order valence-corrected chi connectivity index (χ0v) is 16.5. The Kier molecular flexibility index (Phi) is 5.75. The number of amides is 1. The zero-order chi connectivity index (χ0) is 20.4. The fourth-order valence-electron chi connectivity index (χ4n) is 4.50. The second-order valence-electron chi connectivity index (χ2n) is 8.19. The molecule has 3 heterocycles. The lowest BCUT2D eigenvalue weighted by Gasteiger charge is -2.35. The van der Waals surface area contributed by atoms with E-state index in [1.54, 1.807) is 24.0 Å². The molecule has 4 rings (SSSR count). The summed E-state index contributed by atoms with van der Waals surface area (Å²) in [6.07, 6.45) is 6.30. The second-order valence-corrected chi connectivity index (χ2v) is 8.19. The van der Waals surface area contributed by atoms with E-state index in [1.165, 1.54) is 12.5 Å². The fourth-order valence-corrected chi connectivity index (χ4v) is 4.50. The minimum Gasteiger partial charge on any atom is -0.391 e. The maximum absolute atomic E-state index is 13.5. The number of fused-ring (bicyclic) bond motifs is 1. The van der Waals surface area contributed by atoms with E-state index in [4.69, 9.17) is 0 Å². The Morgan fingerprint density at radius 1 is 1.34 bits per heavy atom. The van der Waals surface area contributed by atoms with E-state index in [0.717, 1.165) is 25.3 Å². The van der Waals surface area contributed by atoms with E-state index in [1.807, 2.05) is 0 Å². The molecule has 1 saturated carbocycles. The molecule has 0 bridgehead atoms. The molecule has 2 aromatic heterocycles. The number of hydrogen-bond acceptors (Lipinski definition) is 6. The molecule has 9 heteroatoms. The number of carbonyl (C=O) groups excluding carboxylic acids is 1. The number of nitrogens with zero attached hydrogens (tertiary/aromatic N) is 5. The topological polar surface area (TPSA) is 96.2 Å². The molecule has 1 aliphatic carbocycles. The van der Waals surface area contributed by atoms with Crippen LogP contribution in [0.4, 0.5) is 10.2 Å². The molecule has 156 valence electrons. The van der Waals surface area contributed by atoms with Gasteiger partial charge < -0.3 is 15.3 Å². The van der Waals surface area contributed by atoms with Gasteiger partial charge in [0.25, 0.3) is 0 Å². The second kappa shape index (κ2) is 8.44. The maximum Gasteiger partial charge on any atom is 0.220 e. The average molecular weight is 402 g/mol. The molecular weight excluding hydrogens is 375 g/mol. The highest BCUT2D eigenvalue weighted by molar-refractivity contribution is 5.76. The van der Waals surface area contributed by atoms with Crippen molar-refractivity contribution in [3.05, 3.63) is 36.3 Å². The van der Waals surface area contributed by atoms with Gasteiger partial charge in [-0.2, -0.15) is 5.10 Å². The molecule has 1 saturated heterocycles. The van der Waals surface area contributed by atoms with E-state index in [-0.39, 0.29) is 17.8 Å². The van der Waals surface area contributed by atoms with Crippen LogP contribution in [0.3, 0.4) is 0 Å². The predicted octanol–water partition coefficient (Wildman–Crippen LogP) is 1.29. The Bertz CT molecular complexity index is 846. The summed E-state index contributed by atoms with van der Waals surface area (Å²) >= 11 is 0. The van der Waals surface area contributed by atoms with Crippen molar-refractivity contribution in [3.8, 4) is 0 Å². The molecule has 2 fully saturated rings. The van der Waals surface area contributed by atoms with Crippen LogP contribution in [0.1, 0.15) is 31.2 Å². The van der Waals surface area contributed by atoms with Crippen LogP contribution in [0.2, 0.25) is 0 Å². The highest BCUT2D eigenvalue weighted by Crippen LogP contribution is 2.38. The number of aliphatic hydroxyl groups excluding tert-OH is 1. The number of aryl methyl sites for hydroxylation is 2. The molecule has 4 atom stereocenters. The van der Waals surface area contributed by atoms with Gasteiger partial charge in [0, 0.05) is 26.1 Å². The maximum atomic E-state index is 13.5. The summed E-state index contributed by atoms with van der Waals surface area (Å²) < 4.78 is 15.2. The molecular formula is C20H27FN6O2. The molecule has 29 heavy (non-hydrogen) atoms. The van der Waals surface area contributed by atoms with Crippen LogP contribution in [0, 0.1) is 24.6 Å². The largest absolute Gasteiger partial charge is 0.391 e. The lowest BCUT2D eigenvalue weighted by Crippen LogP contribution is -2.49. The summed E-state index contributed by atoms with van der Waals surface area (Å²) in [6, 6.07) is 1.55. The van der Waals surface area contributed by atoms with E-state index < -0.39 is 6.10 Å². The third-order valence-electron chi connectivity index (χ3n) is 6.10. The van der Waals surface area contributed by atoms with Gasteiger partial charge in [-0.1, -0.05) is 0 Å². The Balaban J connectivity index is 1.29. The lowest BCUT2D eigenvalue weighted by atomic mass is 9.77. The van der Waals surface area contributed by atoms with Gasteiger partial charge in [-0.25, -0.2) is 14.4 Å². The first-order valence-corrected chi connectivity index (χ1v) is 10.2. The molecule has 0 radical (unpaired) electrons. The molecule has 1 amide bonds. The van der Waals surface area contributed by atoms with Gasteiger partial charge in [0.15, 0.2) is 0 Å². The smallest absolute Gasteiger partial charge is 0.220 e. The van der Waals surface area contributed by atoms with Crippen molar-refractivity contribution in [1.82, 2.24) is 25.1 Å². The molecule has 2 aliphatic rings. The standard InChI is InChI=1S/C20H27FN6O2/c1-13-5-19(23-8-16(13)21)26-9-14-6-17(18(28)7-15(14)10-26)25-20(29)3-2-4-27-12-22-11-24-27/h5,8,11-12,14-15,17-18,28H,2-4,6-7,9-10H2,1H3,(H,25,29)/t14-,15+,17-,18-/m0/s1. The van der Waals surface area contributed by atoms with Gasteiger partial charge in [-0.3, -0.25) is 9.48 Å². The molecule has 1 aliphatic heterocycles. The van der Waals surface area contributed by atoms with E-state index in [2.05, 4.69) is 25.3 Å². The van der Waals surface area contributed by atoms with Gasteiger partial charge in [-0.05, 0) is 49.7 Å². The third kappa shape index (κ3) is 4.55. The molecule has 2 aromatic rings. The molecule has 0 aromatic carbocycles. The normalized spacial score (nSPS) is 26.4. The average Bonchev–Trinajstić information content (AvgIpc) is 3.34. The number of carbonyl (C=O) groups is 1. The van der Waals surface area contributed by atoms with Gasteiger partial charge in [-0.15, -0.1) is 0 Å². The highest BCUT2D eigenvalue weighted by atomic mass is 19.1. The van der Waals surface area contributed by atoms with Crippen molar-refractivity contribution in [1.29, 1.82) is 0 Å². The van der Waals surface area contributed by atoms with Crippen molar-refractivity contribution in [3.63, 3.8) is 0 Å². The third-order valence-corrected chi connectivity index (χ3v) is 6.10. The SMILES string of the molecule is Cc1cc(N2C[C@H]3C[C@H](O)[C@@H](NC(=O)CCCn4cncn4)C[C@H]3C2)ncc1F. The fraction of sp³-hybridized carbons (Fsp3) is 0.600. The number of hydrogen-bond donors (Lipinski definition) is 2. The van der Waals surface area contributed by atoms with E-state index in [0.29, 0.717) is 43.2 Å². The number of anilines is 1. The van der Waals surface area contributed by atoms with Crippen molar-refractivity contribution >= 4 is 11.7 Å². The van der Waals surface area contributed by atoms with Crippen LogP contribution >= 0.6 is 0 Å². The summed E-state index contributed by atoms with van der Waals surface area (Å²) in [5.74, 6) is 1.18. The van der Waals surface area contributed by atoms with Gasteiger partial charge in [0.1, 0.15) is 24.3 Å². The van der Waals surface area contributed by atoms with Crippen LogP contribution in [0.15, 0.2) is 24.9 Å². The summed E-state index contributed by atoms with van der Waals surface area (Å²) in [5.41, 5.74) is 0.584. The summed E-state index contributed by atoms with van der Waals surface area (Å²) in [6.45, 7) is 4.00. The first-order valence-electron chi connectivity index (χ1n) is 10.2. The van der Waals surface area contributed by atoms with Crippen molar-refractivity contribution < 1.29 is 14.3 Å². The Labute approximate surface area is 169 Å². The van der Waals surface area contributed by atoms with E-state index in [9.17, 15) is 14.3 Å². The highest BCUT2D eigenvalue weighted by Gasteiger charge is 2.42. The minimum atomic E-state index is -0.543. The number of halogens is 1.